The van der Waals surface area contributed by atoms with Crippen molar-refractivity contribution in [2.45, 2.75) is 19.4 Å². The summed E-state index contributed by atoms with van der Waals surface area (Å²) in [5.41, 5.74) is 5.79. The fraction of sp³-hybridized carbons (Fsp3) is 0.500. The minimum Gasteiger partial charge on any atom is -0.397 e. The normalized spacial score (nSPS) is 11.4. The number of ether oxygens (including phenoxy) is 1. The lowest BCUT2D eigenvalue weighted by Crippen LogP contribution is -2.39. The number of carbonyl (C=O) groups is 1. The minimum atomic E-state index is -0.359. The third-order valence-corrected chi connectivity index (χ3v) is 3.06. The molecule has 0 fully saturated rings. The lowest BCUT2D eigenvalue weighted by atomic mass is 10.1. The van der Waals surface area contributed by atoms with Crippen LogP contribution in [-0.4, -0.2) is 25.2 Å². The van der Waals surface area contributed by atoms with Crippen LogP contribution in [0, 0.1) is 0 Å². The summed E-state index contributed by atoms with van der Waals surface area (Å²) >= 11 is 1.34. The van der Waals surface area contributed by atoms with E-state index in [9.17, 15) is 4.79 Å². The lowest BCUT2D eigenvalue weighted by molar-refractivity contribution is 0.0229. The van der Waals surface area contributed by atoms with E-state index in [0.29, 0.717) is 17.1 Å². The highest BCUT2D eigenvalue weighted by atomic mass is 32.1. The van der Waals surface area contributed by atoms with Gasteiger partial charge in [0.05, 0.1) is 11.3 Å². The number of rotatable bonds is 4. The Morgan fingerprint density at radius 3 is 2.80 bits per heavy atom. The Hall–Kier alpha value is -1.07. The standard InChI is InChI=1S/C10H16N2O2S/c1-10(2,14-3)6-12-9(13)8-7(11)4-5-15-8/h4-5H,6,11H2,1-3H3,(H,12,13). The van der Waals surface area contributed by atoms with Crippen molar-refractivity contribution in [3.05, 3.63) is 16.3 Å². The zero-order valence-electron chi connectivity index (χ0n) is 9.16. The highest BCUT2D eigenvalue weighted by Gasteiger charge is 2.19. The van der Waals surface area contributed by atoms with Crippen LogP contribution >= 0.6 is 11.3 Å². The molecule has 1 rings (SSSR count). The number of hydrogen-bond donors (Lipinski definition) is 2. The van der Waals surface area contributed by atoms with Gasteiger partial charge < -0.3 is 15.8 Å². The van der Waals surface area contributed by atoms with Crippen LogP contribution in [0.15, 0.2) is 11.4 Å². The molecule has 4 nitrogen and oxygen atoms in total. The average molecular weight is 228 g/mol. The molecule has 0 aliphatic rings. The van der Waals surface area contributed by atoms with Gasteiger partial charge in [0, 0.05) is 13.7 Å². The van der Waals surface area contributed by atoms with Gasteiger partial charge in [-0.2, -0.15) is 0 Å². The topological polar surface area (TPSA) is 64.3 Å². The van der Waals surface area contributed by atoms with Crippen LogP contribution in [0.1, 0.15) is 23.5 Å². The van der Waals surface area contributed by atoms with E-state index in [1.807, 2.05) is 13.8 Å². The molecule has 0 aliphatic heterocycles. The molecule has 1 aromatic heterocycles. The van der Waals surface area contributed by atoms with Gasteiger partial charge in [-0.3, -0.25) is 4.79 Å². The maximum atomic E-state index is 11.7. The predicted molar refractivity (Wildman–Crippen MR) is 62.2 cm³/mol. The monoisotopic (exact) mass is 228 g/mol. The summed E-state index contributed by atoms with van der Waals surface area (Å²) in [5, 5.41) is 4.58. The summed E-state index contributed by atoms with van der Waals surface area (Å²) in [6.07, 6.45) is 0. The molecule has 84 valence electrons. The smallest absolute Gasteiger partial charge is 0.263 e. The van der Waals surface area contributed by atoms with Gasteiger partial charge in [-0.15, -0.1) is 11.3 Å². The van der Waals surface area contributed by atoms with Crippen molar-refractivity contribution in [1.29, 1.82) is 0 Å². The van der Waals surface area contributed by atoms with Gasteiger partial charge in [0.1, 0.15) is 4.88 Å². The van der Waals surface area contributed by atoms with E-state index < -0.39 is 0 Å². The molecule has 0 radical (unpaired) electrons. The molecule has 5 heteroatoms. The van der Waals surface area contributed by atoms with Crippen molar-refractivity contribution < 1.29 is 9.53 Å². The molecular formula is C10H16N2O2S. The van der Waals surface area contributed by atoms with Crippen molar-refractivity contribution in [3.63, 3.8) is 0 Å². The van der Waals surface area contributed by atoms with Crippen LogP contribution in [0.25, 0.3) is 0 Å². The first-order valence-corrected chi connectivity index (χ1v) is 5.50. The Kier molecular flexibility index (Phi) is 3.71. The molecule has 15 heavy (non-hydrogen) atoms. The second-order valence-corrected chi connectivity index (χ2v) is 4.77. The summed E-state index contributed by atoms with van der Waals surface area (Å²) in [7, 11) is 1.62. The van der Waals surface area contributed by atoms with Gasteiger partial charge in [-0.1, -0.05) is 0 Å². The maximum absolute atomic E-state index is 11.7. The number of hydrogen-bond acceptors (Lipinski definition) is 4. The second kappa shape index (κ2) is 4.63. The highest BCUT2D eigenvalue weighted by molar-refractivity contribution is 7.12. The number of thiophene rings is 1. The molecule has 1 aromatic rings. The van der Waals surface area contributed by atoms with Crippen LogP contribution in [-0.2, 0) is 4.74 Å². The van der Waals surface area contributed by atoms with Gasteiger partial charge in [0.25, 0.3) is 5.91 Å². The van der Waals surface area contributed by atoms with Gasteiger partial charge in [0.2, 0.25) is 0 Å². The fourth-order valence-electron chi connectivity index (χ4n) is 0.949. The molecule has 0 bridgehead atoms. The molecule has 0 atom stereocenters. The third kappa shape index (κ3) is 3.21. The molecule has 0 spiro atoms. The van der Waals surface area contributed by atoms with Gasteiger partial charge in [-0.25, -0.2) is 0 Å². The van der Waals surface area contributed by atoms with Crippen LogP contribution in [0.3, 0.4) is 0 Å². The number of carbonyl (C=O) groups excluding carboxylic acids is 1. The van der Waals surface area contributed by atoms with E-state index in [1.54, 1.807) is 18.6 Å². The largest absolute Gasteiger partial charge is 0.397 e. The first kappa shape index (κ1) is 12.0. The van der Waals surface area contributed by atoms with Crippen molar-refractivity contribution in [2.75, 3.05) is 19.4 Å². The zero-order valence-corrected chi connectivity index (χ0v) is 9.98. The Bertz CT molecular complexity index is 347. The molecule has 1 amide bonds. The predicted octanol–water partition coefficient (Wildman–Crippen LogP) is 1.49. The van der Waals surface area contributed by atoms with E-state index in [1.165, 1.54) is 11.3 Å². The van der Waals surface area contributed by atoms with Crippen molar-refractivity contribution in [3.8, 4) is 0 Å². The summed E-state index contributed by atoms with van der Waals surface area (Å²) in [6.45, 7) is 4.27. The number of nitrogens with one attached hydrogen (secondary N) is 1. The maximum Gasteiger partial charge on any atom is 0.263 e. The molecule has 0 saturated heterocycles. The van der Waals surface area contributed by atoms with Gasteiger partial charge in [0.15, 0.2) is 0 Å². The molecular weight excluding hydrogens is 212 g/mol. The van der Waals surface area contributed by atoms with Crippen molar-refractivity contribution >= 4 is 22.9 Å². The van der Waals surface area contributed by atoms with E-state index in [2.05, 4.69) is 5.32 Å². The van der Waals surface area contributed by atoms with Gasteiger partial charge >= 0.3 is 0 Å². The van der Waals surface area contributed by atoms with E-state index in [0.717, 1.165) is 0 Å². The summed E-state index contributed by atoms with van der Waals surface area (Å²) in [6, 6.07) is 1.72. The van der Waals surface area contributed by atoms with Crippen molar-refractivity contribution in [1.82, 2.24) is 5.32 Å². The zero-order chi connectivity index (χ0) is 11.5. The second-order valence-electron chi connectivity index (χ2n) is 3.85. The Labute approximate surface area is 93.4 Å². The SMILES string of the molecule is COC(C)(C)CNC(=O)c1sccc1N. The summed E-state index contributed by atoms with van der Waals surface area (Å²) in [5.74, 6) is -0.146. The number of anilines is 1. The fourth-order valence-corrected chi connectivity index (χ4v) is 1.68. The quantitative estimate of drug-likeness (QED) is 0.820. The lowest BCUT2D eigenvalue weighted by Gasteiger charge is -2.22. The average Bonchev–Trinajstić information content (AvgIpc) is 2.61. The van der Waals surface area contributed by atoms with E-state index >= 15 is 0 Å². The highest BCUT2D eigenvalue weighted by Crippen LogP contribution is 2.18. The number of amides is 1. The van der Waals surface area contributed by atoms with Crippen LogP contribution in [0.4, 0.5) is 5.69 Å². The Balaban J connectivity index is 2.55. The molecule has 0 aliphatic carbocycles. The first-order valence-electron chi connectivity index (χ1n) is 4.62. The van der Waals surface area contributed by atoms with Crippen LogP contribution in [0.5, 0.6) is 0 Å². The molecule has 0 unspecified atom stereocenters. The molecule has 0 aromatic carbocycles. The van der Waals surface area contributed by atoms with Crippen molar-refractivity contribution in [2.24, 2.45) is 0 Å². The summed E-state index contributed by atoms with van der Waals surface area (Å²) in [4.78, 5) is 12.2. The van der Waals surface area contributed by atoms with E-state index in [-0.39, 0.29) is 11.5 Å². The molecule has 3 N–H and O–H groups in total. The number of nitrogen functional groups attached to an aromatic ring is 1. The third-order valence-electron chi connectivity index (χ3n) is 2.13. The Morgan fingerprint density at radius 1 is 1.67 bits per heavy atom. The van der Waals surface area contributed by atoms with E-state index in [4.69, 9.17) is 10.5 Å². The number of nitrogens with two attached hydrogens (primary N) is 1. The number of methoxy groups -OCH3 is 1. The molecule has 0 saturated carbocycles. The van der Waals surface area contributed by atoms with Crippen LogP contribution in [0.2, 0.25) is 0 Å². The first-order chi connectivity index (χ1) is 6.96. The van der Waals surface area contributed by atoms with Crippen LogP contribution < -0.4 is 11.1 Å². The Morgan fingerprint density at radius 2 is 2.33 bits per heavy atom. The summed E-state index contributed by atoms with van der Waals surface area (Å²) < 4.78 is 5.19. The van der Waals surface area contributed by atoms with Gasteiger partial charge in [-0.05, 0) is 25.3 Å². The minimum absolute atomic E-state index is 0.146. The molecule has 1 heterocycles.